The molecule has 9 heteroatoms. The highest BCUT2D eigenvalue weighted by molar-refractivity contribution is 6.04. The molecule has 5 rings (SSSR count). The van der Waals surface area contributed by atoms with Crippen LogP contribution in [0.25, 0.3) is 11.1 Å². The first kappa shape index (κ1) is 25.8. The van der Waals surface area contributed by atoms with Crippen LogP contribution in [0.2, 0.25) is 0 Å². The Hall–Kier alpha value is -3.85. The van der Waals surface area contributed by atoms with Crippen molar-refractivity contribution < 1.29 is 18.7 Å². The molecule has 1 fully saturated rings. The Morgan fingerprint density at radius 1 is 1.21 bits per heavy atom. The average Bonchev–Trinajstić information content (AvgIpc) is 3.02. The first-order chi connectivity index (χ1) is 18.2. The number of carbonyl (C=O) groups is 2. The number of alkyl halides is 1. The number of carbonyl (C=O) groups excluding carboxylic acids is 2. The summed E-state index contributed by atoms with van der Waals surface area (Å²) in [7, 11) is 0. The molecule has 4 heterocycles. The van der Waals surface area contributed by atoms with E-state index in [1.165, 1.54) is 26.1 Å². The van der Waals surface area contributed by atoms with E-state index in [4.69, 9.17) is 9.72 Å². The van der Waals surface area contributed by atoms with Crippen molar-refractivity contribution in [3.8, 4) is 11.1 Å². The second-order valence-corrected chi connectivity index (χ2v) is 10.2. The zero-order chi connectivity index (χ0) is 27.0. The summed E-state index contributed by atoms with van der Waals surface area (Å²) >= 11 is 0. The van der Waals surface area contributed by atoms with Gasteiger partial charge >= 0.3 is 0 Å². The third-order valence-corrected chi connectivity index (χ3v) is 7.11. The normalized spacial score (nSPS) is 17.5. The maximum Gasteiger partial charge on any atom is 0.255 e. The topological polar surface area (TPSA) is 87.7 Å². The lowest BCUT2D eigenvalue weighted by atomic mass is 10.00. The summed E-state index contributed by atoms with van der Waals surface area (Å²) in [5, 5.41) is 2.92. The molecule has 2 aliphatic heterocycles. The van der Waals surface area contributed by atoms with Crippen molar-refractivity contribution in [3.63, 3.8) is 0 Å². The minimum Gasteiger partial charge on any atom is -0.377 e. The largest absolute Gasteiger partial charge is 0.377 e. The number of ether oxygens (including phenoxy) is 1. The van der Waals surface area contributed by atoms with Gasteiger partial charge in [0.25, 0.3) is 5.91 Å². The molecule has 1 saturated heterocycles. The standard InChI is InChI=1S/C29H32FN5O3/c1-5-34-26(36)15-22-17-38-11-10-35(22)24-12-20(16-32-27(24)34)23-14-21(7-6-18(23)2)33-28(37)19-8-9-31-25(13-19)29(3,4)30/h6-9,12-14,16,22H,5,10-11,15,17H2,1-4H3,(H,33,37)/t22-/m1/s1. The number of nitrogens with zero attached hydrogens (tertiary/aromatic N) is 4. The first-order valence-electron chi connectivity index (χ1n) is 12.9. The van der Waals surface area contributed by atoms with Crippen LogP contribution in [-0.2, 0) is 15.2 Å². The molecule has 2 aliphatic rings. The number of pyridine rings is 2. The summed E-state index contributed by atoms with van der Waals surface area (Å²) in [5.74, 6) is 0.362. The Morgan fingerprint density at radius 2 is 2.03 bits per heavy atom. The molecule has 8 nitrogen and oxygen atoms in total. The van der Waals surface area contributed by atoms with Crippen molar-refractivity contribution in [2.24, 2.45) is 0 Å². The second kappa shape index (κ2) is 10.1. The lowest BCUT2D eigenvalue weighted by Gasteiger charge is -2.36. The van der Waals surface area contributed by atoms with Crippen molar-refractivity contribution in [2.45, 2.75) is 45.8 Å². The van der Waals surface area contributed by atoms with Crippen LogP contribution in [0.15, 0.2) is 48.8 Å². The first-order valence-corrected chi connectivity index (χ1v) is 12.9. The van der Waals surface area contributed by atoms with Crippen LogP contribution in [-0.4, -0.2) is 54.1 Å². The van der Waals surface area contributed by atoms with E-state index in [2.05, 4.69) is 21.3 Å². The summed E-state index contributed by atoms with van der Waals surface area (Å²) < 4.78 is 20.0. The number of morpholine rings is 1. The molecule has 0 unspecified atom stereocenters. The third kappa shape index (κ3) is 4.98. The van der Waals surface area contributed by atoms with Crippen LogP contribution in [0.5, 0.6) is 0 Å². The summed E-state index contributed by atoms with van der Waals surface area (Å²) in [6, 6.07) is 10.8. The summed E-state index contributed by atoms with van der Waals surface area (Å²) in [6.45, 7) is 9.10. The summed E-state index contributed by atoms with van der Waals surface area (Å²) in [5.41, 5.74) is 3.23. The number of aryl methyl sites for hydroxylation is 1. The SMILES string of the molecule is CCN1C(=O)C[C@@H]2COCCN2c2cc(-c3cc(NC(=O)c4ccnc(C(C)(C)F)c4)ccc3C)cnc21. The molecule has 0 aliphatic carbocycles. The molecule has 3 aromatic rings. The van der Waals surface area contributed by atoms with Crippen LogP contribution >= 0.6 is 0 Å². The van der Waals surface area contributed by atoms with Crippen LogP contribution in [0.3, 0.4) is 0 Å². The van der Waals surface area contributed by atoms with Gasteiger partial charge < -0.3 is 15.0 Å². The lowest BCUT2D eigenvalue weighted by molar-refractivity contribution is -0.119. The molecular weight excluding hydrogens is 485 g/mol. The highest BCUT2D eigenvalue weighted by Crippen LogP contribution is 2.38. The second-order valence-electron chi connectivity index (χ2n) is 10.2. The lowest BCUT2D eigenvalue weighted by Crippen LogP contribution is -2.46. The predicted octanol–water partition coefficient (Wildman–Crippen LogP) is 4.87. The van der Waals surface area contributed by atoms with Gasteiger partial charge in [-0.2, -0.15) is 0 Å². The molecule has 1 N–H and O–H groups in total. The van der Waals surface area contributed by atoms with Crippen molar-refractivity contribution in [1.29, 1.82) is 0 Å². The molecule has 0 bridgehead atoms. The van der Waals surface area contributed by atoms with Crippen LogP contribution in [0, 0.1) is 6.92 Å². The number of hydrogen-bond acceptors (Lipinski definition) is 6. The van der Waals surface area contributed by atoms with Gasteiger partial charge in [0.1, 0.15) is 5.67 Å². The third-order valence-electron chi connectivity index (χ3n) is 7.11. The zero-order valence-electron chi connectivity index (χ0n) is 22.1. The van der Waals surface area contributed by atoms with Crippen molar-refractivity contribution >= 4 is 29.0 Å². The van der Waals surface area contributed by atoms with E-state index in [0.29, 0.717) is 49.8 Å². The summed E-state index contributed by atoms with van der Waals surface area (Å²) in [6.07, 6.45) is 3.61. The van der Waals surface area contributed by atoms with E-state index >= 15 is 0 Å². The van der Waals surface area contributed by atoms with E-state index in [-0.39, 0.29) is 23.6 Å². The highest BCUT2D eigenvalue weighted by Gasteiger charge is 2.35. The maximum absolute atomic E-state index is 14.4. The van der Waals surface area contributed by atoms with Crippen LogP contribution in [0.4, 0.5) is 21.6 Å². The van der Waals surface area contributed by atoms with Crippen LogP contribution < -0.4 is 15.1 Å². The number of rotatable bonds is 5. The Bertz CT molecular complexity index is 1390. The number of fused-ring (bicyclic) bond motifs is 3. The fraction of sp³-hybridized carbons (Fsp3) is 0.379. The fourth-order valence-corrected chi connectivity index (χ4v) is 5.02. The number of nitrogens with one attached hydrogen (secondary N) is 1. The molecule has 0 radical (unpaired) electrons. The Labute approximate surface area is 221 Å². The van der Waals surface area contributed by atoms with Gasteiger partial charge in [-0.15, -0.1) is 0 Å². The van der Waals surface area contributed by atoms with E-state index < -0.39 is 5.67 Å². The van der Waals surface area contributed by atoms with Gasteiger partial charge in [-0.25, -0.2) is 9.37 Å². The molecule has 38 heavy (non-hydrogen) atoms. The Morgan fingerprint density at radius 3 is 2.79 bits per heavy atom. The van der Waals surface area contributed by atoms with Crippen molar-refractivity contribution in [2.75, 3.05) is 41.4 Å². The Kier molecular flexibility index (Phi) is 6.88. The molecular formula is C29H32FN5O3. The predicted molar refractivity (Wildman–Crippen MR) is 145 cm³/mol. The van der Waals surface area contributed by atoms with Gasteiger partial charge in [0.05, 0.1) is 30.6 Å². The summed E-state index contributed by atoms with van der Waals surface area (Å²) in [4.78, 5) is 38.7. The number of amides is 2. The highest BCUT2D eigenvalue weighted by atomic mass is 19.1. The zero-order valence-corrected chi connectivity index (χ0v) is 22.1. The Balaban J connectivity index is 1.48. The number of benzene rings is 1. The molecule has 0 spiro atoms. The number of hydrogen-bond donors (Lipinski definition) is 1. The van der Waals surface area contributed by atoms with Crippen LogP contribution in [0.1, 0.15) is 48.8 Å². The molecule has 198 valence electrons. The number of halogens is 1. The van der Waals surface area contributed by atoms with Gasteiger partial charge in [-0.3, -0.25) is 19.5 Å². The van der Waals surface area contributed by atoms with Gasteiger partial charge in [-0.1, -0.05) is 6.07 Å². The smallest absolute Gasteiger partial charge is 0.255 e. The quantitative estimate of drug-likeness (QED) is 0.520. The number of anilines is 3. The van der Waals surface area contributed by atoms with Gasteiger partial charge in [-0.05, 0) is 69.2 Å². The minimum atomic E-state index is -1.65. The van der Waals surface area contributed by atoms with E-state index in [1.54, 1.807) is 17.2 Å². The monoisotopic (exact) mass is 517 g/mol. The van der Waals surface area contributed by atoms with Crippen molar-refractivity contribution in [1.82, 2.24) is 9.97 Å². The fourth-order valence-electron chi connectivity index (χ4n) is 5.02. The molecule has 2 amide bonds. The minimum absolute atomic E-state index is 0.0325. The average molecular weight is 518 g/mol. The van der Waals surface area contributed by atoms with E-state index in [9.17, 15) is 14.0 Å². The van der Waals surface area contributed by atoms with Gasteiger partial charge in [0.2, 0.25) is 5.91 Å². The number of aromatic nitrogens is 2. The van der Waals surface area contributed by atoms with Gasteiger partial charge in [0, 0.05) is 48.7 Å². The maximum atomic E-state index is 14.4. The van der Waals surface area contributed by atoms with E-state index in [0.717, 1.165) is 22.4 Å². The molecule has 0 saturated carbocycles. The molecule has 1 aromatic carbocycles. The van der Waals surface area contributed by atoms with E-state index in [1.807, 2.05) is 32.0 Å². The van der Waals surface area contributed by atoms with Gasteiger partial charge in [0.15, 0.2) is 5.82 Å². The molecule has 1 atom stereocenters. The molecule has 2 aromatic heterocycles. The van der Waals surface area contributed by atoms with Crippen molar-refractivity contribution in [3.05, 3.63) is 65.6 Å².